The zero-order chi connectivity index (χ0) is 15.3. The van der Waals surface area contributed by atoms with Gasteiger partial charge in [0.05, 0.1) is 13.2 Å². The van der Waals surface area contributed by atoms with E-state index in [1.165, 1.54) is 11.1 Å². The van der Waals surface area contributed by atoms with Crippen molar-refractivity contribution in [2.45, 2.75) is 39.0 Å². The summed E-state index contributed by atoms with van der Waals surface area (Å²) < 4.78 is 5.27. The van der Waals surface area contributed by atoms with E-state index in [-0.39, 0.29) is 11.4 Å². The van der Waals surface area contributed by atoms with E-state index in [1.54, 1.807) is 6.20 Å². The van der Waals surface area contributed by atoms with Gasteiger partial charge in [-0.1, -0.05) is 32.9 Å². The van der Waals surface area contributed by atoms with Crippen LogP contribution in [0.4, 0.5) is 10.5 Å². The van der Waals surface area contributed by atoms with Gasteiger partial charge in [0.2, 0.25) is 0 Å². The molecule has 1 heterocycles. The van der Waals surface area contributed by atoms with Crippen molar-refractivity contribution in [3.8, 4) is 0 Å². The smallest absolute Gasteiger partial charge is 0.323 e. The summed E-state index contributed by atoms with van der Waals surface area (Å²) in [5.41, 5.74) is 3.39. The molecular weight excluding hydrogens is 264 g/mol. The molecule has 2 N–H and O–H groups in total. The lowest BCUT2D eigenvalue weighted by molar-refractivity contribution is 0.119. The van der Waals surface area contributed by atoms with Crippen LogP contribution in [0, 0.1) is 0 Å². The summed E-state index contributed by atoms with van der Waals surface area (Å²) in [5, 5.41) is 5.61. The fraction of sp³-hybridized carbons (Fsp3) is 0.471. The van der Waals surface area contributed by atoms with Crippen molar-refractivity contribution in [3.63, 3.8) is 0 Å². The van der Waals surface area contributed by atoms with Gasteiger partial charge in [-0.2, -0.15) is 0 Å². The third-order valence-electron chi connectivity index (χ3n) is 3.55. The third-order valence-corrected chi connectivity index (χ3v) is 3.55. The first-order chi connectivity index (χ1) is 9.95. The Hall–Kier alpha value is -1.81. The minimum absolute atomic E-state index is 0.119. The molecule has 1 aromatic rings. The fourth-order valence-electron chi connectivity index (χ4n) is 2.17. The summed E-state index contributed by atoms with van der Waals surface area (Å²) in [6.45, 7) is 7.99. The number of benzene rings is 1. The van der Waals surface area contributed by atoms with Gasteiger partial charge in [0, 0.05) is 11.9 Å². The molecule has 21 heavy (non-hydrogen) atoms. The first kappa shape index (κ1) is 15.6. The molecule has 1 aliphatic rings. The van der Waals surface area contributed by atoms with Gasteiger partial charge in [0.15, 0.2) is 0 Å². The van der Waals surface area contributed by atoms with Crippen LogP contribution in [-0.4, -0.2) is 19.2 Å². The van der Waals surface area contributed by atoms with Crippen molar-refractivity contribution < 1.29 is 9.53 Å². The molecule has 1 fully saturated rings. The molecule has 4 heteroatoms. The number of anilines is 1. The van der Waals surface area contributed by atoms with Crippen LogP contribution in [0.3, 0.4) is 0 Å². The van der Waals surface area contributed by atoms with Crippen LogP contribution >= 0.6 is 0 Å². The first-order valence-electron chi connectivity index (χ1n) is 7.39. The van der Waals surface area contributed by atoms with Crippen LogP contribution in [0.5, 0.6) is 0 Å². The highest BCUT2D eigenvalue weighted by molar-refractivity contribution is 5.89. The monoisotopic (exact) mass is 288 g/mol. The molecule has 2 amide bonds. The number of hydrogen-bond acceptors (Lipinski definition) is 2. The molecule has 0 radical (unpaired) electrons. The standard InChI is InChI=1S/C17H24N2O2/c1-17(2,3)14-4-6-15(7-5-14)19-16(20)18-12-13-8-10-21-11-9-13/h4-7,12H,8-11H2,1-3H3,(H2,18,19,20). The quantitative estimate of drug-likeness (QED) is 0.869. The molecule has 114 valence electrons. The van der Waals surface area contributed by atoms with Crippen molar-refractivity contribution in [2.24, 2.45) is 0 Å². The molecule has 0 spiro atoms. The Morgan fingerprint density at radius 2 is 1.76 bits per heavy atom. The molecule has 0 unspecified atom stereocenters. The Bertz CT molecular complexity index is 505. The van der Waals surface area contributed by atoms with Crippen LogP contribution in [0.25, 0.3) is 0 Å². The van der Waals surface area contributed by atoms with E-state index >= 15 is 0 Å². The Balaban J connectivity index is 1.87. The normalized spacial score (nSPS) is 15.5. The predicted molar refractivity (Wildman–Crippen MR) is 85.4 cm³/mol. The molecule has 2 rings (SSSR count). The largest absolute Gasteiger partial charge is 0.381 e. The number of urea groups is 1. The van der Waals surface area contributed by atoms with Crippen LogP contribution in [0.15, 0.2) is 36.0 Å². The van der Waals surface area contributed by atoms with Gasteiger partial charge in [-0.25, -0.2) is 4.79 Å². The Kier molecular flexibility index (Phi) is 5.02. The average molecular weight is 288 g/mol. The van der Waals surface area contributed by atoms with Gasteiger partial charge in [-0.05, 0) is 41.5 Å². The second-order valence-electron chi connectivity index (χ2n) is 6.34. The van der Waals surface area contributed by atoms with E-state index < -0.39 is 0 Å². The van der Waals surface area contributed by atoms with Crippen molar-refractivity contribution in [3.05, 3.63) is 41.6 Å². The van der Waals surface area contributed by atoms with E-state index in [1.807, 2.05) is 24.3 Å². The van der Waals surface area contributed by atoms with Gasteiger partial charge in [0.25, 0.3) is 0 Å². The maximum absolute atomic E-state index is 11.8. The second-order valence-corrected chi connectivity index (χ2v) is 6.34. The number of amides is 2. The molecule has 4 nitrogen and oxygen atoms in total. The number of ether oxygens (including phenoxy) is 1. The maximum Gasteiger partial charge on any atom is 0.323 e. The van der Waals surface area contributed by atoms with E-state index in [2.05, 4.69) is 31.4 Å². The first-order valence-corrected chi connectivity index (χ1v) is 7.39. The third kappa shape index (κ3) is 4.90. The molecule has 1 aromatic carbocycles. The van der Waals surface area contributed by atoms with Gasteiger partial charge in [0.1, 0.15) is 0 Å². The molecule has 0 atom stereocenters. The predicted octanol–water partition coefficient (Wildman–Crippen LogP) is 3.80. The van der Waals surface area contributed by atoms with E-state index in [9.17, 15) is 4.79 Å². The highest BCUT2D eigenvalue weighted by Crippen LogP contribution is 2.23. The lowest BCUT2D eigenvalue weighted by atomic mass is 9.87. The molecule has 1 saturated heterocycles. The van der Waals surface area contributed by atoms with Crippen LogP contribution in [0.2, 0.25) is 0 Å². The van der Waals surface area contributed by atoms with E-state index in [0.29, 0.717) is 0 Å². The lowest BCUT2D eigenvalue weighted by Crippen LogP contribution is -2.25. The second kappa shape index (κ2) is 6.76. The van der Waals surface area contributed by atoms with Crippen molar-refractivity contribution in [2.75, 3.05) is 18.5 Å². The molecule has 0 aromatic heterocycles. The van der Waals surface area contributed by atoms with Crippen molar-refractivity contribution in [1.82, 2.24) is 5.32 Å². The highest BCUT2D eigenvalue weighted by atomic mass is 16.5. The van der Waals surface area contributed by atoms with Crippen LogP contribution in [0.1, 0.15) is 39.2 Å². The summed E-state index contributed by atoms with van der Waals surface area (Å²) in [4.78, 5) is 11.8. The average Bonchev–Trinajstić information content (AvgIpc) is 2.46. The number of carbonyl (C=O) groups excluding carboxylic acids is 1. The highest BCUT2D eigenvalue weighted by Gasteiger charge is 2.13. The zero-order valence-electron chi connectivity index (χ0n) is 13.0. The topological polar surface area (TPSA) is 50.4 Å². The van der Waals surface area contributed by atoms with Crippen molar-refractivity contribution in [1.29, 1.82) is 0 Å². The molecule has 1 aliphatic heterocycles. The van der Waals surface area contributed by atoms with Gasteiger partial charge in [-0.3, -0.25) is 0 Å². The summed E-state index contributed by atoms with van der Waals surface area (Å²) in [6.07, 6.45) is 3.57. The summed E-state index contributed by atoms with van der Waals surface area (Å²) >= 11 is 0. The lowest BCUT2D eigenvalue weighted by Gasteiger charge is -2.19. The Labute approximate surface area is 126 Å². The van der Waals surface area contributed by atoms with Crippen LogP contribution in [-0.2, 0) is 10.2 Å². The Morgan fingerprint density at radius 3 is 2.33 bits per heavy atom. The molecule has 0 bridgehead atoms. The number of hydrogen-bond donors (Lipinski definition) is 2. The van der Waals surface area contributed by atoms with Crippen molar-refractivity contribution >= 4 is 11.7 Å². The number of nitrogens with one attached hydrogen (secondary N) is 2. The van der Waals surface area contributed by atoms with Crippen LogP contribution < -0.4 is 10.6 Å². The van der Waals surface area contributed by atoms with E-state index in [0.717, 1.165) is 31.7 Å². The van der Waals surface area contributed by atoms with Gasteiger partial charge < -0.3 is 15.4 Å². The van der Waals surface area contributed by atoms with Gasteiger partial charge >= 0.3 is 6.03 Å². The molecule has 0 saturated carbocycles. The SMILES string of the molecule is CC(C)(C)c1ccc(NC(=O)NC=C2CCOCC2)cc1. The van der Waals surface area contributed by atoms with Gasteiger partial charge in [-0.15, -0.1) is 0 Å². The maximum atomic E-state index is 11.8. The summed E-state index contributed by atoms with van der Waals surface area (Å²) in [6, 6.07) is 7.75. The molecular formula is C17H24N2O2. The minimum atomic E-state index is -0.211. The minimum Gasteiger partial charge on any atom is -0.381 e. The number of carbonyl (C=O) groups is 1. The zero-order valence-corrected chi connectivity index (χ0v) is 13.0. The summed E-state index contributed by atoms with van der Waals surface area (Å²) in [5.74, 6) is 0. The Morgan fingerprint density at radius 1 is 1.14 bits per heavy atom. The summed E-state index contributed by atoms with van der Waals surface area (Å²) in [7, 11) is 0. The number of rotatable bonds is 2. The van der Waals surface area contributed by atoms with E-state index in [4.69, 9.17) is 4.74 Å². The fourth-order valence-corrected chi connectivity index (χ4v) is 2.17. The molecule has 0 aliphatic carbocycles.